The first kappa shape index (κ1) is 19.2. The molecule has 0 unspecified atom stereocenters. The second kappa shape index (κ2) is 6.88. The van der Waals surface area contributed by atoms with E-state index in [0.717, 1.165) is 24.3 Å². The Bertz CT molecular complexity index is 941. The van der Waals surface area contributed by atoms with E-state index < -0.39 is 29.1 Å². The molecule has 3 nitrogen and oxygen atoms in total. The number of aromatic nitrogens is 1. The van der Waals surface area contributed by atoms with Crippen molar-refractivity contribution in [1.29, 1.82) is 0 Å². The number of halogens is 6. The highest BCUT2D eigenvalue weighted by Crippen LogP contribution is 2.40. The lowest BCUT2D eigenvalue weighted by molar-refractivity contribution is -0.138. The lowest BCUT2D eigenvalue weighted by Crippen LogP contribution is -2.10. The third-order valence-electron chi connectivity index (χ3n) is 3.99. The summed E-state index contributed by atoms with van der Waals surface area (Å²) in [6, 6.07) is 6.41. The zero-order valence-corrected chi connectivity index (χ0v) is 13.7. The smallest absolute Gasteiger partial charge is 0.420 e. The van der Waals surface area contributed by atoms with E-state index in [2.05, 4.69) is 4.98 Å². The highest BCUT2D eigenvalue weighted by Gasteiger charge is 2.37. The summed E-state index contributed by atoms with van der Waals surface area (Å²) in [5, 5.41) is 8.87. The summed E-state index contributed by atoms with van der Waals surface area (Å²) in [6.07, 6.45) is -9.09. The summed E-state index contributed by atoms with van der Waals surface area (Å²) in [7, 11) is 0. The van der Waals surface area contributed by atoms with Crippen LogP contribution in [0, 0.1) is 0 Å². The van der Waals surface area contributed by atoms with Gasteiger partial charge in [0, 0.05) is 12.2 Å². The minimum Gasteiger partial charge on any atom is -0.435 e. The summed E-state index contributed by atoms with van der Waals surface area (Å²) in [5.74, 6) is -0.205. The molecule has 144 valence electrons. The molecule has 9 heteroatoms. The van der Waals surface area contributed by atoms with Crippen molar-refractivity contribution in [3.63, 3.8) is 0 Å². The van der Waals surface area contributed by atoms with Gasteiger partial charge >= 0.3 is 12.4 Å². The van der Waals surface area contributed by atoms with Crippen molar-refractivity contribution in [3.05, 3.63) is 53.1 Å². The lowest BCUT2D eigenvalue weighted by atomic mass is 10.0. The van der Waals surface area contributed by atoms with Gasteiger partial charge in [0.1, 0.15) is 11.1 Å². The fourth-order valence-corrected chi connectivity index (χ4v) is 2.75. The minimum atomic E-state index is -4.71. The topological polar surface area (TPSA) is 46.3 Å². The fraction of sp³-hybridized carbons (Fsp3) is 0.278. The molecule has 0 saturated carbocycles. The predicted octanol–water partition coefficient (Wildman–Crippen LogP) is 5.46. The lowest BCUT2D eigenvalue weighted by Gasteiger charge is -2.12. The Labute approximate surface area is 149 Å². The first-order valence-corrected chi connectivity index (χ1v) is 7.89. The number of hydrogen-bond acceptors (Lipinski definition) is 3. The van der Waals surface area contributed by atoms with E-state index in [9.17, 15) is 26.3 Å². The number of benzene rings is 2. The van der Waals surface area contributed by atoms with Gasteiger partial charge in [-0.3, -0.25) is 0 Å². The molecule has 1 aromatic heterocycles. The van der Waals surface area contributed by atoms with Crippen LogP contribution in [0.15, 0.2) is 40.8 Å². The molecular formula is C18H13F6NO2. The standard InChI is InChI=1S/C18H13F6NO2/c19-17(20,21)12-6-3-11(4-7-12)16-25-13-8-5-10(2-1-9-26)14(15(13)27-16)18(22,23)24/h3-8,26H,1-2,9H2. The van der Waals surface area contributed by atoms with E-state index in [1.165, 1.54) is 12.1 Å². The number of hydrogen-bond donors (Lipinski definition) is 1. The Morgan fingerprint density at radius 2 is 1.56 bits per heavy atom. The molecule has 0 bridgehead atoms. The average Bonchev–Trinajstić information content (AvgIpc) is 3.01. The third kappa shape index (κ3) is 3.92. The molecule has 0 aliphatic carbocycles. The molecule has 3 rings (SSSR count). The molecule has 0 saturated heterocycles. The van der Waals surface area contributed by atoms with E-state index in [1.807, 2.05) is 0 Å². The summed E-state index contributed by atoms with van der Waals surface area (Å²) in [4.78, 5) is 3.97. The van der Waals surface area contributed by atoms with Crippen molar-refractivity contribution in [2.75, 3.05) is 6.61 Å². The number of aliphatic hydroxyl groups excluding tert-OH is 1. The number of fused-ring (bicyclic) bond motifs is 1. The van der Waals surface area contributed by atoms with E-state index in [-0.39, 0.29) is 42.0 Å². The van der Waals surface area contributed by atoms with Crippen molar-refractivity contribution in [2.45, 2.75) is 25.2 Å². The van der Waals surface area contributed by atoms with Crippen LogP contribution in [0.4, 0.5) is 26.3 Å². The molecule has 0 aliphatic heterocycles. The number of nitrogens with zero attached hydrogens (tertiary/aromatic N) is 1. The van der Waals surface area contributed by atoms with Crippen molar-refractivity contribution in [2.24, 2.45) is 0 Å². The van der Waals surface area contributed by atoms with Crippen LogP contribution in [0.25, 0.3) is 22.6 Å². The van der Waals surface area contributed by atoms with E-state index in [4.69, 9.17) is 9.52 Å². The van der Waals surface area contributed by atoms with E-state index in [0.29, 0.717) is 0 Å². The van der Waals surface area contributed by atoms with Gasteiger partial charge in [0.2, 0.25) is 5.89 Å². The Balaban J connectivity index is 2.09. The third-order valence-corrected chi connectivity index (χ3v) is 3.99. The number of aryl methyl sites for hydroxylation is 1. The number of rotatable bonds is 4. The maximum Gasteiger partial charge on any atom is 0.420 e. The molecule has 1 N–H and O–H groups in total. The molecule has 0 atom stereocenters. The fourth-order valence-electron chi connectivity index (χ4n) is 2.75. The van der Waals surface area contributed by atoms with Gasteiger partial charge in [0.05, 0.1) is 5.56 Å². The van der Waals surface area contributed by atoms with Crippen LogP contribution in [0.1, 0.15) is 23.1 Å². The number of alkyl halides is 6. The molecule has 0 spiro atoms. The van der Waals surface area contributed by atoms with Crippen LogP contribution in [0.2, 0.25) is 0 Å². The first-order chi connectivity index (χ1) is 12.6. The molecule has 0 aliphatic rings. The highest BCUT2D eigenvalue weighted by molar-refractivity contribution is 5.81. The second-order valence-corrected chi connectivity index (χ2v) is 5.87. The van der Waals surface area contributed by atoms with Crippen LogP contribution < -0.4 is 0 Å². The van der Waals surface area contributed by atoms with Crippen LogP contribution in [0.3, 0.4) is 0 Å². The minimum absolute atomic E-state index is 0.00238. The first-order valence-electron chi connectivity index (χ1n) is 7.89. The SMILES string of the molecule is OCCCc1ccc2nc(-c3ccc(C(F)(F)F)cc3)oc2c1C(F)(F)F. The summed E-state index contributed by atoms with van der Waals surface area (Å²) >= 11 is 0. The molecule has 1 heterocycles. The number of aliphatic hydroxyl groups is 1. The van der Waals surface area contributed by atoms with Crippen molar-refractivity contribution in [1.82, 2.24) is 4.98 Å². The van der Waals surface area contributed by atoms with E-state index in [1.54, 1.807) is 0 Å². The quantitative estimate of drug-likeness (QED) is 0.603. The Morgan fingerprint density at radius 1 is 0.889 bits per heavy atom. The van der Waals surface area contributed by atoms with Gasteiger partial charge in [0.15, 0.2) is 5.58 Å². The van der Waals surface area contributed by atoms with E-state index >= 15 is 0 Å². The zero-order chi connectivity index (χ0) is 19.8. The summed E-state index contributed by atoms with van der Waals surface area (Å²) < 4.78 is 83.8. The summed E-state index contributed by atoms with van der Waals surface area (Å²) in [6.45, 7) is -0.261. The van der Waals surface area contributed by atoms with Gasteiger partial charge in [0.25, 0.3) is 0 Å². The maximum atomic E-state index is 13.5. The normalized spacial score (nSPS) is 12.7. The van der Waals surface area contributed by atoms with Crippen LogP contribution in [-0.4, -0.2) is 16.7 Å². The monoisotopic (exact) mass is 389 g/mol. The molecule has 3 aromatic rings. The Morgan fingerprint density at radius 3 is 2.11 bits per heavy atom. The zero-order valence-electron chi connectivity index (χ0n) is 13.7. The second-order valence-electron chi connectivity index (χ2n) is 5.87. The van der Waals surface area contributed by atoms with Gasteiger partial charge < -0.3 is 9.52 Å². The molecule has 2 aromatic carbocycles. The van der Waals surface area contributed by atoms with Gasteiger partial charge in [-0.1, -0.05) is 6.07 Å². The number of oxazole rings is 1. The van der Waals surface area contributed by atoms with Crippen LogP contribution in [0.5, 0.6) is 0 Å². The summed E-state index contributed by atoms with van der Waals surface area (Å²) in [5.41, 5.74) is -2.31. The van der Waals surface area contributed by atoms with Crippen molar-refractivity contribution >= 4 is 11.1 Å². The molecular weight excluding hydrogens is 376 g/mol. The van der Waals surface area contributed by atoms with Gasteiger partial charge in [-0.15, -0.1) is 0 Å². The Kier molecular flexibility index (Phi) is 4.90. The van der Waals surface area contributed by atoms with Crippen molar-refractivity contribution < 1.29 is 35.9 Å². The van der Waals surface area contributed by atoms with Crippen molar-refractivity contribution in [3.8, 4) is 11.5 Å². The Hall–Kier alpha value is -2.55. The highest BCUT2D eigenvalue weighted by atomic mass is 19.4. The van der Waals surface area contributed by atoms with Gasteiger partial charge in [-0.2, -0.15) is 26.3 Å². The molecule has 27 heavy (non-hydrogen) atoms. The molecule has 0 amide bonds. The van der Waals surface area contributed by atoms with Gasteiger partial charge in [-0.25, -0.2) is 4.98 Å². The molecule has 0 radical (unpaired) electrons. The molecule has 0 fully saturated rings. The average molecular weight is 389 g/mol. The van der Waals surface area contributed by atoms with Crippen LogP contribution in [-0.2, 0) is 18.8 Å². The largest absolute Gasteiger partial charge is 0.435 e. The van der Waals surface area contributed by atoms with Gasteiger partial charge in [-0.05, 0) is 48.7 Å². The predicted molar refractivity (Wildman–Crippen MR) is 84.9 cm³/mol. The maximum absolute atomic E-state index is 13.5. The van der Waals surface area contributed by atoms with Crippen LogP contribution >= 0.6 is 0 Å².